The van der Waals surface area contributed by atoms with E-state index in [0.717, 1.165) is 12.8 Å². The Labute approximate surface area is 131 Å². The van der Waals surface area contributed by atoms with Crippen molar-refractivity contribution in [2.75, 3.05) is 30.8 Å². The summed E-state index contributed by atoms with van der Waals surface area (Å²) in [5, 5.41) is 2.25. The van der Waals surface area contributed by atoms with E-state index in [1.54, 1.807) is 0 Å². The summed E-state index contributed by atoms with van der Waals surface area (Å²) in [5.41, 5.74) is 4.75. The topological polar surface area (TPSA) is 73.1 Å². The Kier molecular flexibility index (Phi) is 4.25. The number of nitrogen functional groups attached to an aromatic ring is 1. The summed E-state index contributed by atoms with van der Waals surface area (Å²) in [6.07, 6.45) is 1.58. The van der Waals surface area contributed by atoms with Gasteiger partial charge in [0.2, 0.25) is 0 Å². The van der Waals surface area contributed by atoms with Gasteiger partial charge >= 0.3 is 0 Å². The first-order valence-corrected chi connectivity index (χ1v) is 7.41. The smallest absolute Gasteiger partial charge is 0.185 e. The van der Waals surface area contributed by atoms with Crippen LogP contribution in [0.1, 0.15) is 18.7 Å². The summed E-state index contributed by atoms with van der Waals surface area (Å²) in [4.78, 5) is 7.61. The molecule has 0 radical (unpaired) electrons. The fraction of sp³-hybridized carbons (Fsp3) is 0.467. The van der Waals surface area contributed by atoms with Crippen LogP contribution in [0.5, 0.6) is 0 Å². The molecule has 0 atom stereocenters. The maximum Gasteiger partial charge on any atom is 0.185 e. The zero-order chi connectivity index (χ0) is 16.6. The number of nitrogens with one attached hydrogen (secondary N) is 1. The van der Waals surface area contributed by atoms with E-state index in [1.807, 2.05) is 0 Å². The minimum atomic E-state index is -1.30. The van der Waals surface area contributed by atoms with Gasteiger partial charge in [0.05, 0.1) is 5.39 Å². The van der Waals surface area contributed by atoms with Crippen molar-refractivity contribution in [1.29, 1.82) is 0 Å². The fourth-order valence-corrected chi connectivity index (χ4v) is 2.76. The highest BCUT2D eigenvalue weighted by atomic mass is 19.2. The van der Waals surface area contributed by atoms with Gasteiger partial charge in [0.25, 0.3) is 0 Å². The zero-order valence-electron chi connectivity index (χ0n) is 12.6. The summed E-state index contributed by atoms with van der Waals surface area (Å²) in [6.45, 7) is 3.08. The third-order valence-electron chi connectivity index (χ3n) is 4.02. The van der Waals surface area contributed by atoms with Crippen LogP contribution in [0.4, 0.5) is 24.7 Å². The summed E-state index contributed by atoms with van der Waals surface area (Å²) in [6, 6.07) is 0. The fourth-order valence-electron chi connectivity index (χ4n) is 2.76. The maximum atomic E-state index is 14.6. The number of nitrogens with zero attached hydrogens (tertiary/aromatic N) is 2. The SMILES string of the molecule is Cc1nc(N)c2c(F)c(F)c(NCC3CCOCC3)c(F)c2n1. The lowest BCUT2D eigenvalue weighted by Gasteiger charge is -2.23. The maximum absolute atomic E-state index is 14.6. The van der Waals surface area contributed by atoms with Crippen LogP contribution in [0, 0.1) is 30.3 Å². The van der Waals surface area contributed by atoms with Crippen molar-refractivity contribution in [2.24, 2.45) is 5.92 Å². The number of hydrogen-bond donors (Lipinski definition) is 2. The Bertz CT molecular complexity index is 748. The van der Waals surface area contributed by atoms with Crippen molar-refractivity contribution >= 4 is 22.4 Å². The molecule has 1 saturated heterocycles. The largest absolute Gasteiger partial charge is 0.383 e. The first kappa shape index (κ1) is 15.8. The van der Waals surface area contributed by atoms with Gasteiger partial charge in [0, 0.05) is 19.8 Å². The Morgan fingerprint density at radius 3 is 2.52 bits per heavy atom. The molecule has 2 aromatic rings. The van der Waals surface area contributed by atoms with Gasteiger partial charge in [-0.15, -0.1) is 0 Å². The first-order chi connectivity index (χ1) is 11.0. The van der Waals surface area contributed by atoms with Crippen molar-refractivity contribution in [3.63, 3.8) is 0 Å². The number of nitrogens with two attached hydrogens (primary N) is 1. The molecule has 23 heavy (non-hydrogen) atoms. The van der Waals surface area contributed by atoms with Crippen LogP contribution in [-0.4, -0.2) is 29.7 Å². The van der Waals surface area contributed by atoms with Crippen LogP contribution in [-0.2, 0) is 4.74 Å². The third-order valence-corrected chi connectivity index (χ3v) is 4.02. The summed E-state index contributed by atoms with van der Waals surface area (Å²) < 4.78 is 48.3. The van der Waals surface area contributed by atoms with E-state index >= 15 is 0 Å². The first-order valence-electron chi connectivity index (χ1n) is 7.41. The van der Waals surface area contributed by atoms with Crippen LogP contribution in [0.25, 0.3) is 10.9 Å². The molecule has 1 aromatic heterocycles. The quantitative estimate of drug-likeness (QED) is 0.849. The number of rotatable bonds is 3. The number of aryl methyl sites for hydroxylation is 1. The normalized spacial score (nSPS) is 16.0. The van der Waals surface area contributed by atoms with Crippen molar-refractivity contribution in [1.82, 2.24) is 9.97 Å². The molecule has 3 N–H and O–H groups in total. The molecule has 1 fully saturated rings. The predicted octanol–water partition coefficient (Wildman–Crippen LogP) is 2.78. The summed E-state index contributed by atoms with van der Waals surface area (Å²) in [7, 11) is 0. The molecule has 0 amide bonds. The molecule has 0 saturated carbocycles. The lowest BCUT2D eigenvalue weighted by atomic mass is 10.0. The number of ether oxygens (including phenoxy) is 1. The molecular weight excluding hydrogens is 309 g/mol. The molecular formula is C15H17F3N4O. The van der Waals surface area contributed by atoms with Gasteiger partial charge in [-0.1, -0.05) is 0 Å². The molecule has 1 aliphatic heterocycles. The van der Waals surface area contributed by atoms with E-state index < -0.39 is 28.5 Å². The second-order valence-electron chi connectivity index (χ2n) is 5.63. The number of aromatic nitrogens is 2. The standard InChI is InChI=1S/C15H17F3N4O/c1-7-21-13-9(15(19)22-7)10(16)11(17)14(12(13)18)20-6-8-2-4-23-5-3-8/h8,20H,2-6H2,1H3,(H2,19,21,22). The van der Waals surface area contributed by atoms with Crippen LogP contribution in [0.15, 0.2) is 0 Å². The van der Waals surface area contributed by atoms with Gasteiger partial charge in [-0.05, 0) is 25.7 Å². The lowest BCUT2D eigenvalue weighted by molar-refractivity contribution is 0.0699. The van der Waals surface area contributed by atoms with Crippen molar-refractivity contribution < 1.29 is 17.9 Å². The Morgan fingerprint density at radius 1 is 1.13 bits per heavy atom. The second kappa shape index (κ2) is 6.19. The third kappa shape index (κ3) is 2.90. The van der Waals surface area contributed by atoms with Crippen molar-refractivity contribution in [3.05, 3.63) is 23.3 Å². The summed E-state index contributed by atoms with van der Waals surface area (Å²) >= 11 is 0. The number of fused-ring (bicyclic) bond motifs is 1. The minimum absolute atomic E-state index is 0.190. The molecule has 8 heteroatoms. The minimum Gasteiger partial charge on any atom is -0.383 e. The highest BCUT2D eigenvalue weighted by Crippen LogP contribution is 2.33. The molecule has 1 aliphatic rings. The summed E-state index contributed by atoms with van der Waals surface area (Å²) in [5.74, 6) is -3.37. The van der Waals surface area contributed by atoms with Gasteiger partial charge in [-0.2, -0.15) is 0 Å². The Hall–Kier alpha value is -2.09. The van der Waals surface area contributed by atoms with E-state index in [-0.39, 0.29) is 23.1 Å². The van der Waals surface area contributed by atoms with Crippen LogP contribution in [0.3, 0.4) is 0 Å². The van der Waals surface area contributed by atoms with Crippen LogP contribution >= 0.6 is 0 Å². The molecule has 1 aromatic carbocycles. The average molecular weight is 326 g/mol. The van der Waals surface area contributed by atoms with E-state index in [9.17, 15) is 13.2 Å². The molecule has 0 bridgehead atoms. The molecule has 3 rings (SSSR count). The number of anilines is 2. The van der Waals surface area contributed by atoms with E-state index in [2.05, 4.69) is 15.3 Å². The molecule has 2 heterocycles. The van der Waals surface area contributed by atoms with Gasteiger partial charge in [0.1, 0.15) is 22.8 Å². The van der Waals surface area contributed by atoms with E-state index in [4.69, 9.17) is 10.5 Å². The van der Waals surface area contributed by atoms with Gasteiger partial charge < -0.3 is 15.8 Å². The molecule has 0 unspecified atom stereocenters. The molecule has 0 aliphatic carbocycles. The van der Waals surface area contributed by atoms with Crippen molar-refractivity contribution in [3.8, 4) is 0 Å². The average Bonchev–Trinajstić information content (AvgIpc) is 2.53. The number of hydrogen-bond acceptors (Lipinski definition) is 5. The van der Waals surface area contributed by atoms with Crippen LogP contribution < -0.4 is 11.1 Å². The molecule has 124 valence electrons. The van der Waals surface area contributed by atoms with Crippen LogP contribution in [0.2, 0.25) is 0 Å². The van der Waals surface area contributed by atoms with Crippen molar-refractivity contribution in [2.45, 2.75) is 19.8 Å². The Morgan fingerprint density at radius 2 is 1.83 bits per heavy atom. The monoisotopic (exact) mass is 326 g/mol. The zero-order valence-corrected chi connectivity index (χ0v) is 12.6. The van der Waals surface area contributed by atoms with E-state index in [1.165, 1.54) is 6.92 Å². The number of benzene rings is 1. The lowest BCUT2D eigenvalue weighted by Crippen LogP contribution is -2.23. The van der Waals surface area contributed by atoms with Gasteiger partial charge in [-0.3, -0.25) is 0 Å². The highest BCUT2D eigenvalue weighted by Gasteiger charge is 2.24. The number of halogens is 3. The van der Waals surface area contributed by atoms with E-state index in [0.29, 0.717) is 19.8 Å². The van der Waals surface area contributed by atoms with Gasteiger partial charge in [0.15, 0.2) is 17.5 Å². The van der Waals surface area contributed by atoms with Gasteiger partial charge in [-0.25, -0.2) is 23.1 Å². The molecule has 0 spiro atoms. The highest BCUT2D eigenvalue weighted by molar-refractivity contribution is 5.91. The predicted molar refractivity (Wildman–Crippen MR) is 80.6 cm³/mol. The Balaban J connectivity index is 1.99. The molecule has 5 nitrogen and oxygen atoms in total. The second-order valence-corrected chi connectivity index (χ2v) is 5.63.